The second-order valence-electron chi connectivity index (χ2n) is 1.66. The first-order valence-corrected chi connectivity index (χ1v) is 2.67. The first kappa shape index (κ1) is 5.22. The predicted octanol–water partition coefficient (Wildman–Crippen LogP) is 1.42. The van der Waals surface area contributed by atoms with Crippen LogP contribution in [0.25, 0.3) is 0 Å². The first-order valence-electron chi connectivity index (χ1n) is 2.67. The van der Waals surface area contributed by atoms with Crippen LogP contribution in [0, 0.1) is 0 Å². The lowest BCUT2D eigenvalue weighted by Gasteiger charge is -1.83. The number of aryl methyl sites for hydroxylation is 1. The molecule has 8 heavy (non-hydrogen) atoms. The molecule has 1 heterocycles. The first-order chi connectivity index (χ1) is 3.83. The lowest BCUT2D eigenvalue weighted by atomic mass is 10.4. The third kappa shape index (κ3) is 0.832. The van der Waals surface area contributed by atoms with Crippen LogP contribution in [0.1, 0.15) is 12.7 Å². The summed E-state index contributed by atoms with van der Waals surface area (Å²) in [6, 6.07) is 3.65. The number of hydrogen-bond donors (Lipinski definition) is 1. The fourth-order valence-electron chi connectivity index (χ4n) is 0.585. The van der Waals surface area contributed by atoms with Crippen molar-refractivity contribution in [3.63, 3.8) is 0 Å². The highest BCUT2D eigenvalue weighted by Gasteiger charge is 1.91. The van der Waals surface area contributed by atoms with Crippen molar-refractivity contribution in [2.75, 3.05) is 5.73 Å². The van der Waals surface area contributed by atoms with Crippen LogP contribution in [0.3, 0.4) is 0 Å². The summed E-state index contributed by atoms with van der Waals surface area (Å²) in [4.78, 5) is 0. The standard InChI is InChI=1S/C6H9NO/c1-2-5-3-4-6(7)8-5/h3-4H,2,7H2,1H3. The van der Waals surface area contributed by atoms with Gasteiger partial charge in [-0.15, -0.1) is 0 Å². The molecule has 2 N–H and O–H groups in total. The molecule has 0 bridgehead atoms. The van der Waals surface area contributed by atoms with Crippen molar-refractivity contribution in [3.05, 3.63) is 17.9 Å². The number of furan rings is 1. The second kappa shape index (κ2) is 1.90. The zero-order valence-electron chi connectivity index (χ0n) is 4.85. The Morgan fingerprint density at radius 1 is 1.62 bits per heavy atom. The Bertz CT molecular complexity index is 169. The smallest absolute Gasteiger partial charge is 0.190 e. The minimum Gasteiger partial charge on any atom is -0.446 e. The topological polar surface area (TPSA) is 39.2 Å². The van der Waals surface area contributed by atoms with Crippen molar-refractivity contribution >= 4 is 5.88 Å². The van der Waals surface area contributed by atoms with Gasteiger partial charge in [-0.1, -0.05) is 6.92 Å². The minimum atomic E-state index is 0.502. The molecule has 1 aromatic heterocycles. The highest BCUT2D eigenvalue weighted by atomic mass is 16.3. The molecule has 1 aromatic rings. The number of nitrogens with two attached hydrogens (primary N) is 1. The van der Waals surface area contributed by atoms with E-state index in [0.717, 1.165) is 12.2 Å². The molecule has 0 aliphatic heterocycles. The van der Waals surface area contributed by atoms with E-state index >= 15 is 0 Å². The van der Waals surface area contributed by atoms with Crippen molar-refractivity contribution in [1.29, 1.82) is 0 Å². The third-order valence-electron chi connectivity index (χ3n) is 1.03. The molecule has 0 aliphatic carbocycles. The molecule has 0 fully saturated rings. The van der Waals surface area contributed by atoms with Gasteiger partial charge in [-0.05, 0) is 6.07 Å². The Balaban J connectivity index is 2.84. The van der Waals surface area contributed by atoms with E-state index in [-0.39, 0.29) is 0 Å². The Hall–Kier alpha value is -0.920. The molecule has 2 nitrogen and oxygen atoms in total. The van der Waals surface area contributed by atoms with Crippen molar-refractivity contribution in [2.24, 2.45) is 0 Å². The summed E-state index contributed by atoms with van der Waals surface area (Å²) in [7, 11) is 0. The van der Waals surface area contributed by atoms with Gasteiger partial charge in [-0.25, -0.2) is 0 Å². The molecule has 44 valence electrons. The van der Waals surface area contributed by atoms with Gasteiger partial charge in [-0.2, -0.15) is 0 Å². The van der Waals surface area contributed by atoms with E-state index in [4.69, 9.17) is 10.2 Å². The maximum absolute atomic E-state index is 5.29. The van der Waals surface area contributed by atoms with E-state index in [1.165, 1.54) is 0 Å². The van der Waals surface area contributed by atoms with E-state index in [9.17, 15) is 0 Å². The van der Waals surface area contributed by atoms with Crippen molar-refractivity contribution in [2.45, 2.75) is 13.3 Å². The summed E-state index contributed by atoms with van der Waals surface area (Å²) in [6.07, 6.45) is 0.914. The molecule has 0 atom stereocenters. The number of anilines is 1. The number of hydrogen-bond acceptors (Lipinski definition) is 2. The molecule has 2 heteroatoms. The van der Waals surface area contributed by atoms with E-state index in [2.05, 4.69) is 0 Å². The summed E-state index contributed by atoms with van der Waals surface area (Å²) in [6.45, 7) is 2.03. The fourth-order valence-corrected chi connectivity index (χ4v) is 0.585. The van der Waals surface area contributed by atoms with Crippen LogP contribution in [0.4, 0.5) is 5.88 Å². The molecule has 0 saturated carbocycles. The van der Waals surface area contributed by atoms with Gasteiger partial charge in [0.15, 0.2) is 5.88 Å². The largest absolute Gasteiger partial charge is 0.446 e. The Labute approximate surface area is 48.3 Å². The monoisotopic (exact) mass is 111 g/mol. The van der Waals surface area contributed by atoms with Crippen molar-refractivity contribution < 1.29 is 4.42 Å². The molecule has 1 rings (SSSR count). The maximum Gasteiger partial charge on any atom is 0.190 e. The van der Waals surface area contributed by atoms with Crippen molar-refractivity contribution in [1.82, 2.24) is 0 Å². The summed E-state index contributed by atoms with van der Waals surface area (Å²) in [5.74, 6) is 1.45. The van der Waals surface area contributed by atoms with Crippen LogP contribution in [0.2, 0.25) is 0 Å². The maximum atomic E-state index is 5.29. The number of nitrogen functional groups attached to an aromatic ring is 1. The normalized spacial score (nSPS) is 9.62. The van der Waals surface area contributed by atoms with Crippen LogP contribution in [-0.4, -0.2) is 0 Å². The van der Waals surface area contributed by atoms with Crippen LogP contribution in [-0.2, 0) is 6.42 Å². The predicted molar refractivity (Wildman–Crippen MR) is 32.5 cm³/mol. The summed E-state index contributed by atoms with van der Waals surface area (Å²) >= 11 is 0. The van der Waals surface area contributed by atoms with Crippen LogP contribution in [0.5, 0.6) is 0 Å². The van der Waals surface area contributed by atoms with Gasteiger partial charge >= 0.3 is 0 Å². The number of rotatable bonds is 1. The zero-order valence-corrected chi connectivity index (χ0v) is 4.85. The molecule has 0 radical (unpaired) electrons. The summed E-state index contributed by atoms with van der Waals surface area (Å²) < 4.78 is 5.01. The van der Waals surface area contributed by atoms with E-state index in [1.54, 1.807) is 6.07 Å². The fraction of sp³-hybridized carbons (Fsp3) is 0.333. The molecule has 0 aliphatic rings. The Morgan fingerprint density at radius 3 is 2.62 bits per heavy atom. The zero-order chi connectivity index (χ0) is 5.98. The lowest BCUT2D eigenvalue weighted by Crippen LogP contribution is -1.76. The third-order valence-corrected chi connectivity index (χ3v) is 1.03. The summed E-state index contributed by atoms with van der Waals surface area (Å²) in [5.41, 5.74) is 5.29. The molecular weight excluding hydrogens is 102 g/mol. The molecule has 0 saturated heterocycles. The average Bonchev–Trinajstić information content (AvgIpc) is 2.14. The highest BCUT2D eigenvalue weighted by Crippen LogP contribution is 2.08. The molecular formula is C6H9NO. The Morgan fingerprint density at radius 2 is 2.38 bits per heavy atom. The van der Waals surface area contributed by atoms with Gasteiger partial charge in [0.1, 0.15) is 5.76 Å². The van der Waals surface area contributed by atoms with E-state index in [0.29, 0.717) is 5.88 Å². The van der Waals surface area contributed by atoms with Crippen LogP contribution >= 0.6 is 0 Å². The van der Waals surface area contributed by atoms with Gasteiger partial charge in [0.2, 0.25) is 0 Å². The quantitative estimate of drug-likeness (QED) is 0.595. The Kier molecular flexibility index (Phi) is 1.24. The van der Waals surface area contributed by atoms with Gasteiger partial charge in [-0.3, -0.25) is 0 Å². The molecule has 0 aromatic carbocycles. The van der Waals surface area contributed by atoms with Gasteiger partial charge < -0.3 is 10.2 Å². The second-order valence-corrected chi connectivity index (χ2v) is 1.66. The highest BCUT2D eigenvalue weighted by molar-refractivity contribution is 5.24. The van der Waals surface area contributed by atoms with Crippen LogP contribution in [0.15, 0.2) is 16.5 Å². The van der Waals surface area contributed by atoms with Gasteiger partial charge in [0.05, 0.1) is 0 Å². The van der Waals surface area contributed by atoms with Crippen molar-refractivity contribution in [3.8, 4) is 0 Å². The molecule has 0 spiro atoms. The summed E-state index contributed by atoms with van der Waals surface area (Å²) in [5, 5.41) is 0. The molecule has 0 unspecified atom stereocenters. The SMILES string of the molecule is CCc1ccc(N)o1. The van der Waals surface area contributed by atoms with Gasteiger partial charge in [0, 0.05) is 12.5 Å². The van der Waals surface area contributed by atoms with Gasteiger partial charge in [0.25, 0.3) is 0 Å². The molecule has 0 amide bonds. The lowest BCUT2D eigenvalue weighted by molar-refractivity contribution is 0.534. The minimum absolute atomic E-state index is 0.502. The van der Waals surface area contributed by atoms with Crippen LogP contribution < -0.4 is 5.73 Å². The average molecular weight is 111 g/mol. The van der Waals surface area contributed by atoms with E-state index < -0.39 is 0 Å². The van der Waals surface area contributed by atoms with E-state index in [1.807, 2.05) is 13.0 Å².